The Morgan fingerprint density at radius 2 is 1.82 bits per heavy atom. The Morgan fingerprint density at radius 1 is 1.12 bits per heavy atom. The molecule has 11 nitrogen and oxygen atoms in total. The molecule has 2 aromatic rings. The molecule has 34 heavy (non-hydrogen) atoms. The topological polar surface area (TPSA) is 190 Å². The first kappa shape index (κ1) is 25.0. The highest BCUT2D eigenvalue weighted by Gasteiger charge is 2.47. The molecule has 0 saturated carbocycles. The van der Waals surface area contributed by atoms with E-state index in [0.717, 1.165) is 6.08 Å². The maximum absolute atomic E-state index is 12.2. The van der Waals surface area contributed by atoms with E-state index < -0.39 is 49.4 Å². The number of esters is 1. The summed E-state index contributed by atoms with van der Waals surface area (Å²) in [6.45, 7) is -0.662. The summed E-state index contributed by atoms with van der Waals surface area (Å²) in [5.41, 5.74) is 0.712. The number of nitriles is 1. The molecule has 1 aliphatic heterocycles. The molecule has 0 aromatic heterocycles. The van der Waals surface area contributed by atoms with Gasteiger partial charge in [0.2, 0.25) is 6.29 Å². The number of hydrogen-bond acceptors (Lipinski definition) is 11. The second kappa shape index (κ2) is 11.0. The van der Waals surface area contributed by atoms with Crippen molar-refractivity contribution in [3.05, 3.63) is 59.7 Å². The van der Waals surface area contributed by atoms with E-state index in [2.05, 4.69) is 0 Å². The molecule has 1 fully saturated rings. The Kier molecular flexibility index (Phi) is 8.06. The molecule has 0 amide bonds. The number of phenols is 2. The minimum Gasteiger partial charge on any atom is -0.504 e. The SMILES string of the molecule is N#C[C@@H](O)c1ccc(O[C@@H]2O[C@H](CO)[C@@H](OC(=O)C=Cc3ccc(O)c(O)c3)[C@H](O)[C@H]2O)cc1. The van der Waals surface area contributed by atoms with Gasteiger partial charge in [0.1, 0.15) is 24.1 Å². The van der Waals surface area contributed by atoms with Crippen LogP contribution in [0, 0.1) is 11.3 Å². The quantitative estimate of drug-likeness (QED) is 0.138. The maximum atomic E-state index is 12.2. The number of carbonyl (C=O) groups is 1. The maximum Gasteiger partial charge on any atom is 0.331 e. The predicted octanol–water partition coefficient (Wildman–Crippen LogP) is 0.0978. The van der Waals surface area contributed by atoms with Gasteiger partial charge >= 0.3 is 5.97 Å². The van der Waals surface area contributed by atoms with Crippen LogP contribution in [-0.4, -0.2) is 73.9 Å². The van der Waals surface area contributed by atoms with Crippen LogP contribution in [-0.2, 0) is 14.3 Å². The van der Waals surface area contributed by atoms with Crippen molar-refractivity contribution in [1.29, 1.82) is 5.26 Å². The van der Waals surface area contributed by atoms with E-state index >= 15 is 0 Å². The zero-order valence-corrected chi connectivity index (χ0v) is 17.6. The van der Waals surface area contributed by atoms with Crippen LogP contribution in [0.5, 0.6) is 17.2 Å². The number of phenolic OH excluding ortho intramolecular Hbond substituents is 2. The van der Waals surface area contributed by atoms with E-state index in [9.17, 15) is 35.4 Å². The fourth-order valence-corrected chi connectivity index (χ4v) is 3.21. The van der Waals surface area contributed by atoms with Gasteiger partial charge < -0.3 is 44.8 Å². The molecule has 6 N–H and O–H groups in total. The third-order valence-corrected chi connectivity index (χ3v) is 5.05. The second-order valence-corrected chi connectivity index (χ2v) is 7.41. The van der Waals surface area contributed by atoms with Crippen molar-refractivity contribution in [2.75, 3.05) is 6.61 Å². The van der Waals surface area contributed by atoms with Crippen LogP contribution >= 0.6 is 0 Å². The van der Waals surface area contributed by atoms with Gasteiger partial charge in [-0.3, -0.25) is 0 Å². The molecule has 0 bridgehead atoms. The van der Waals surface area contributed by atoms with Crippen molar-refractivity contribution in [1.82, 2.24) is 0 Å². The lowest BCUT2D eigenvalue weighted by molar-refractivity contribution is -0.280. The normalized spacial score (nSPS) is 25.4. The standard InChI is InChI=1S/C23H23NO10/c24-10-17(28)13-3-5-14(6-4-13)32-23-21(31)20(30)22(18(11-25)33-23)34-19(29)8-2-12-1-7-15(26)16(27)9-12/h1-9,17-18,20-23,25-28,30-31H,11H2/t17-,18-,20-,21-,22-,23-/m1/s1. The Bertz CT molecular complexity index is 1060. The summed E-state index contributed by atoms with van der Waals surface area (Å²) in [4.78, 5) is 12.2. The molecule has 1 aliphatic rings. The smallest absolute Gasteiger partial charge is 0.331 e. The molecule has 1 saturated heterocycles. The van der Waals surface area contributed by atoms with Gasteiger partial charge in [-0.15, -0.1) is 0 Å². The van der Waals surface area contributed by atoms with E-state index in [1.165, 1.54) is 48.5 Å². The van der Waals surface area contributed by atoms with Crippen LogP contribution in [0.4, 0.5) is 0 Å². The summed E-state index contributed by atoms with van der Waals surface area (Å²) in [6.07, 6.45) is -6.38. The van der Waals surface area contributed by atoms with E-state index in [1.807, 2.05) is 0 Å². The third-order valence-electron chi connectivity index (χ3n) is 5.05. The Morgan fingerprint density at radius 3 is 2.44 bits per heavy atom. The first-order valence-electron chi connectivity index (χ1n) is 10.1. The van der Waals surface area contributed by atoms with Gasteiger partial charge in [-0.05, 0) is 41.5 Å². The first-order valence-corrected chi connectivity index (χ1v) is 10.1. The minimum absolute atomic E-state index is 0.192. The molecule has 0 radical (unpaired) electrons. The highest BCUT2D eigenvalue weighted by molar-refractivity contribution is 5.87. The minimum atomic E-state index is -1.66. The molecule has 0 aliphatic carbocycles. The lowest BCUT2D eigenvalue weighted by atomic mass is 9.99. The van der Waals surface area contributed by atoms with Crippen molar-refractivity contribution < 1.29 is 49.6 Å². The van der Waals surface area contributed by atoms with Crippen LogP contribution in [0.25, 0.3) is 6.08 Å². The van der Waals surface area contributed by atoms with Crippen molar-refractivity contribution in [3.8, 4) is 23.3 Å². The van der Waals surface area contributed by atoms with Crippen LogP contribution in [0.15, 0.2) is 48.5 Å². The number of carbonyl (C=O) groups excluding carboxylic acids is 1. The number of rotatable bonds is 7. The van der Waals surface area contributed by atoms with Crippen LogP contribution < -0.4 is 4.74 Å². The zero-order valence-electron chi connectivity index (χ0n) is 17.6. The van der Waals surface area contributed by atoms with Gasteiger partial charge in [0, 0.05) is 6.08 Å². The molecule has 1 heterocycles. The van der Waals surface area contributed by atoms with Crippen molar-refractivity contribution >= 4 is 12.0 Å². The highest BCUT2D eigenvalue weighted by atomic mass is 16.7. The number of aliphatic hydroxyl groups is 4. The third kappa shape index (κ3) is 5.82. The zero-order chi connectivity index (χ0) is 24.8. The van der Waals surface area contributed by atoms with Crippen LogP contribution in [0.2, 0.25) is 0 Å². The molecule has 11 heteroatoms. The van der Waals surface area contributed by atoms with Gasteiger partial charge in [0.25, 0.3) is 0 Å². The fraction of sp³-hybridized carbons (Fsp3) is 0.304. The second-order valence-electron chi connectivity index (χ2n) is 7.41. The lowest BCUT2D eigenvalue weighted by Gasteiger charge is -2.41. The van der Waals surface area contributed by atoms with Gasteiger partial charge in [0.15, 0.2) is 23.7 Å². The summed E-state index contributed by atoms with van der Waals surface area (Å²) >= 11 is 0. The van der Waals surface area contributed by atoms with Crippen molar-refractivity contribution in [2.45, 2.75) is 36.8 Å². The summed E-state index contributed by atoms with van der Waals surface area (Å²) in [6, 6.07) is 11.3. The number of hydrogen-bond donors (Lipinski definition) is 6. The largest absolute Gasteiger partial charge is 0.504 e. The van der Waals surface area contributed by atoms with Gasteiger partial charge in [-0.25, -0.2) is 4.79 Å². The molecule has 0 unspecified atom stereocenters. The van der Waals surface area contributed by atoms with Gasteiger partial charge in [-0.2, -0.15) is 5.26 Å². The Labute approximate surface area is 193 Å². The molecular formula is C23H23NO10. The number of nitrogens with zero attached hydrogens (tertiary/aromatic N) is 1. The summed E-state index contributed by atoms with van der Waals surface area (Å²) in [5.74, 6) is -1.43. The van der Waals surface area contributed by atoms with Crippen LogP contribution in [0.1, 0.15) is 17.2 Å². The molecule has 0 spiro atoms. The van der Waals surface area contributed by atoms with Crippen LogP contribution in [0.3, 0.4) is 0 Å². The monoisotopic (exact) mass is 473 g/mol. The van der Waals surface area contributed by atoms with E-state index in [1.54, 1.807) is 6.07 Å². The molecular weight excluding hydrogens is 450 g/mol. The number of aliphatic hydroxyl groups excluding tert-OH is 4. The van der Waals surface area contributed by atoms with E-state index in [0.29, 0.717) is 11.1 Å². The van der Waals surface area contributed by atoms with E-state index in [-0.39, 0.29) is 17.2 Å². The molecule has 2 aromatic carbocycles. The molecule has 3 rings (SSSR count). The van der Waals surface area contributed by atoms with Crippen molar-refractivity contribution in [2.24, 2.45) is 0 Å². The van der Waals surface area contributed by atoms with Crippen molar-refractivity contribution in [3.63, 3.8) is 0 Å². The van der Waals surface area contributed by atoms with E-state index in [4.69, 9.17) is 19.5 Å². The number of benzene rings is 2. The molecule has 6 atom stereocenters. The molecule has 180 valence electrons. The fourth-order valence-electron chi connectivity index (χ4n) is 3.21. The summed E-state index contributed by atoms with van der Waals surface area (Å²) < 4.78 is 16.2. The summed E-state index contributed by atoms with van der Waals surface area (Å²) in [7, 11) is 0. The van der Waals surface area contributed by atoms with Gasteiger partial charge in [0.05, 0.1) is 12.7 Å². The summed E-state index contributed by atoms with van der Waals surface area (Å²) in [5, 5.41) is 67.6. The average Bonchev–Trinajstić information content (AvgIpc) is 2.84. The number of ether oxygens (including phenoxy) is 3. The Hall–Kier alpha value is -3.66. The first-order chi connectivity index (χ1) is 16.2. The predicted molar refractivity (Wildman–Crippen MR) is 114 cm³/mol. The number of aromatic hydroxyl groups is 2. The average molecular weight is 473 g/mol. The van der Waals surface area contributed by atoms with Gasteiger partial charge in [-0.1, -0.05) is 18.2 Å². The lowest BCUT2D eigenvalue weighted by Crippen LogP contribution is -2.61. The highest BCUT2D eigenvalue weighted by Crippen LogP contribution is 2.28. The Balaban J connectivity index is 1.64.